The standard InChI is InChI=1S/C20H17ClN4O3/c1-27-16-9-13(10-17(11-16)28-2)12-23-25-20(26)18-7-8-22-19(24-18)14-3-5-15(21)6-4-14/h3-12H,1-2H3,(H,25,26)/b23-12+. The number of carbonyl (C=O) groups is 1. The predicted octanol–water partition coefficient (Wildman–Crippen LogP) is 3.58. The van der Waals surface area contributed by atoms with Crippen LogP contribution >= 0.6 is 11.6 Å². The second-order valence-corrected chi connectivity index (χ2v) is 6.05. The first-order valence-electron chi connectivity index (χ1n) is 8.24. The van der Waals surface area contributed by atoms with Gasteiger partial charge in [0.05, 0.1) is 20.4 Å². The minimum absolute atomic E-state index is 0.195. The molecule has 0 radical (unpaired) electrons. The molecule has 0 spiro atoms. The van der Waals surface area contributed by atoms with Gasteiger partial charge in [0.25, 0.3) is 5.91 Å². The van der Waals surface area contributed by atoms with Crippen LogP contribution in [0.15, 0.2) is 59.8 Å². The van der Waals surface area contributed by atoms with E-state index >= 15 is 0 Å². The van der Waals surface area contributed by atoms with Crippen LogP contribution in [0.2, 0.25) is 5.02 Å². The first-order chi connectivity index (χ1) is 13.6. The fourth-order valence-electron chi connectivity index (χ4n) is 2.35. The predicted molar refractivity (Wildman–Crippen MR) is 107 cm³/mol. The van der Waals surface area contributed by atoms with Crippen molar-refractivity contribution in [2.24, 2.45) is 5.10 Å². The van der Waals surface area contributed by atoms with Gasteiger partial charge in [0.2, 0.25) is 0 Å². The highest BCUT2D eigenvalue weighted by molar-refractivity contribution is 6.30. The highest BCUT2D eigenvalue weighted by Gasteiger charge is 2.09. The molecule has 28 heavy (non-hydrogen) atoms. The van der Waals surface area contributed by atoms with Crippen molar-refractivity contribution in [2.75, 3.05) is 14.2 Å². The van der Waals surface area contributed by atoms with Gasteiger partial charge >= 0.3 is 0 Å². The number of carbonyl (C=O) groups excluding carboxylic acids is 1. The summed E-state index contributed by atoms with van der Waals surface area (Å²) in [4.78, 5) is 20.8. The van der Waals surface area contributed by atoms with E-state index in [1.165, 1.54) is 18.5 Å². The molecular weight excluding hydrogens is 380 g/mol. The largest absolute Gasteiger partial charge is 0.497 e. The Balaban J connectivity index is 1.72. The summed E-state index contributed by atoms with van der Waals surface area (Å²) in [6, 6.07) is 13.8. The lowest BCUT2D eigenvalue weighted by Crippen LogP contribution is -2.19. The fraction of sp³-hybridized carbons (Fsp3) is 0.100. The van der Waals surface area contributed by atoms with E-state index in [2.05, 4.69) is 20.5 Å². The Hall–Kier alpha value is -3.45. The average Bonchev–Trinajstić information content (AvgIpc) is 2.74. The number of hydrogen-bond acceptors (Lipinski definition) is 6. The molecule has 0 aliphatic rings. The molecule has 1 aromatic heterocycles. The summed E-state index contributed by atoms with van der Waals surface area (Å²) in [5.41, 5.74) is 4.11. The van der Waals surface area contributed by atoms with E-state index in [1.54, 1.807) is 56.7 Å². The number of halogens is 1. The Labute approximate surface area is 167 Å². The Morgan fingerprint density at radius 2 is 1.75 bits per heavy atom. The number of hydrazone groups is 1. The van der Waals surface area contributed by atoms with Crippen molar-refractivity contribution < 1.29 is 14.3 Å². The summed E-state index contributed by atoms with van der Waals surface area (Å²) in [6.45, 7) is 0. The van der Waals surface area contributed by atoms with Gasteiger partial charge in [-0.3, -0.25) is 4.79 Å². The maximum Gasteiger partial charge on any atom is 0.290 e. The molecule has 1 N–H and O–H groups in total. The number of amides is 1. The number of hydrogen-bond donors (Lipinski definition) is 1. The summed E-state index contributed by atoms with van der Waals surface area (Å²) in [6.07, 6.45) is 3.01. The van der Waals surface area contributed by atoms with Gasteiger partial charge in [-0.1, -0.05) is 11.6 Å². The highest BCUT2D eigenvalue weighted by atomic mass is 35.5. The van der Waals surface area contributed by atoms with Gasteiger partial charge in [-0.15, -0.1) is 0 Å². The van der Waals surface area contributed by atoms with E-state index < -0.39 is 5.91 Å². The molecule has 0 fully saturated rings. The first-order valence-corrected chi connectivity index (χ1v) is 8.62. The van der Waals surface area contributed by atoms with Crippen molar-refractivity contribution in [3.63, 3.8) is 0 Å². The zero-order chi connectivity index (χ0) is 19.9. The van der Waals surface area contributed by atoms with E-state index in [-0.39, 0.29) is 5.69 Å². The summed E-state index contributed by atoms with van der Waals surface area (Å²) in [7, 11) is 3.12. The van der Waals surface area contributed by atoms with Gasteiger partial charge in [-0.05, 0) is 42.5 Å². The molecule has 142 valence electrons. The highest BCUT2D eigenvalue weighted by Crippen LogP contribution is 2.21. The van der Waals surface area contributed by atoms with E-state index in [9.17, 15) is 4.79 Å². The van der Waals surface area contributed by atoms with Gasteiger partial charge in [0, 0.05) is 28.4 Å². The second kappa shape index (κ2) is 8.96. The summed E-state index contributed by atoms with van der Waals surface area (Å²) < 4.78 is 10.4. The van der Waals surface area contributed by atoms with Gasteiger partial charge in [0.15, 0.2) is 5.82 Å². The Kier molecular flexibility index (Phi) is 6.18. The lowest BCUT2D eigenvalue weighted by Gasteiger charge is -2.05. The third-order valence-corrected chi connectivity index (χ3v) is 4.00. The van der Waals surface area contributed by atoms with Crippen molar-refractivity contribution in [1.82, 2.24) is 15.4 Å². The number of aromatic nitrogens is 2. The molecule has 0 aliphatic carbocycles. The van der Waals surface area contributed by atoms with Crippen molar-refractivity contribution in [3.05, 3.63) is 71.0 Å². The van der Waals surface area contributed by atoms with Crippen LogP contribution in [0.4, 0.5) is 0 Å². The lowest BCUT2D eigenvalue weighted by atomic mass is 10.2. The van der Waals surface area contributed by atoms with Crippen molar-refractivity contribution in [1.29, 1.82) is 0 Å². The van der Waals surface area contributed by atoms with Crippen molar-refractivity contribution >= 4 is 23.7 Å². The molecule has 3 aromatic rings. The van der Waals surface area contributed by atoms with Crippen LogP contribution in [-0.2, 0) is 0 Å². The zero-order valence-corrected chi connectivity index (χ0v) is 16.0. The van der Waals surface area contributed by atoms with Crippen LogP contribution in [0.5, 0.6) is 11.5 Å². The Bertz CT molecular complexity index is 984. The lowest BCUT2D eigenvalue weighted by molar-refractivity contribution is 0.0950. The smallest absolute Gasteiger partial charge is 0.290 e. The minimum Gasteiger partial charge on any atom is -0.497 e. The Morgan fingerprint density at radius 3 is 2.39 bits per heavy atom. The number of benzene rings is 2. The summed E-state index contributed by atoms with van der Waals surface area (Å²) in [5.74, 6) is 1.21. The monoisotopic (exact) mass is 396 g/mol. The van der Waals surface area contributed by atoms with Crippen LogP contribution in [0.25, 0.3) is 11.4 Å². The van der Waals surface area contributed by atoms with E-state index in [1.807, 2.05) is 0 Å². The molecule has 1 amide bonds. The number of nitrogens with one attached hydrogen (secondary N) is 1. The van der Waals surface area contributed by atoms with Crippen molar-refractivity contribution in [2.45, 2.75) is 0 Å². The molecule has 0 atom stereocenters. The van der Waals surface area contributed by atoms with Gasteiger partial charge in [-0.25, -0.2) is 15.4 Å². The molecule has 0 unspecified atom stereocenters. The van der Waals surface area contributed by atoms with E-state index in [0.29, 0.717) is 27.9 Å². The molecule has 2 aromatic carbocycles. The quantitative estimate of drug-likeness (QED) is 0.508. The van der Waals surface area contributed by atoms with E-state index in [4.69, 9.17) is 21.1 Å². The molecular formula is C20H17ClN4O3. The molecule has 0 saturated carbocycles. The molecule has 3 rings (SSSR count). The third kappa shape index (κ3) is 4.83. The summed E-state index contributed by atoms with van der Waals surface area (Å²) >= 11 is 5.89. The molecule has 7 nitrogen and oxygen atoms in total. The SMILES string of the molecule is COc1cc(/C=N/NC(=O)c2ccnc(-c3ccc(Cl)cc3)n2)cc(OC)c1. The van der Waals surface area contributed by atoms with E-state index in [0.717, 1.165) is 5.56 Å². The van der Waals surface area contributed by atoms with Gasteiger partial charge in [0.1, 0.15) is 17.2 Å². The number of ether oxygens (including phenoxy) is 2. The van der Waals surface area contributed by atoms with Crippen molar-refractivity contribution in [3.8, 4) is 22.9 Å². The molecule has 1 heterocycles. The maximum absolute atomic E-state index is 12.3. The molecule has 0 bridgehead atoms. The number of nitrogens with zero attached hydrogens (tertiary/aromatic N) is 3. The van der Waals surface area contributed by atoms with Crippen LogP contribution in [0, 0.1) is 0 Å². The zero-order valence-electron chi connectivity index (χ0n) is 15.2. The number of methoxy groups -OCH3 is 2. The number of rotatable bonds is 6. The average molecular weight is 397 g/mol. The van der Waals surface area contributed by atoms with Crippen LogP contribution in [-0.4, -0.2) is 36.3 Å². The molecule has 0 aliphatic heterocycles. The topological polar surface area (TPSA) is 85.7 Å². The van der Waals surface area contributed by atoms with Gasteiger partial charge in [-0.2, -0.15) is 5.10 Å². The Morgan fingerprint density at radius 1 is 1.07 bits per heavy atom. The normalized spacial score (nSPS) is 10.7. The molecule has 0 saturated heterocycles. The fourth-order valence-corrected chi connectivity index (χ4v) is 2.48. The van der Waals surface area contributed by atoms with Gasteiger partial charge < -0.3 is 9.47 Å². The maximum atomic E-state index is 12.3. The van der Waals surface area contributed by atoms with Crippen LogP contribution in [0.3, 0.4) is 0 Å². The molecule has 8 heteroatoms. The third-order valence-electron chi connectivity index (χ3n) is 3.74. The van der Waals surface area contributed by atoms with Crippen LogP contribution in [0.1, 0.15) is 16.1 Å². The minimum atomic E-state index is -0.455. The van der Waals surface area contributed by atoms with Crippen LogP contribution < -0.4 is 14.9 Å². The first kappa shape index (κ1) is 19.3. The summed E-state index contributed by atoms with van der Waals surface area (Å²) in [5, 5.41) is 4.58. The second-order valence-electron chi connectivity index (χ2n) is 5.62.